The third-order valence-corrected chi connectivity index (χ3v) is 3.67. The van der Waals surface area contributed by atoms with Gasteiger partial charge in [0.2, 0.25) is 5.95 Å². The molecule has 0 bridgehead atoms. The molecule has 3 rings (SSSR count). The van der Waals surface area contributed by atoms with Crippen molar-refractivity contribution in [3.05, 3.63) is 52.5 Å². The molecule has 0 radical (unpaired) electrons. The smallest absolute Gasteiger partial charge is 0.229 e. The Labute approximate surface area is 138 Å². The van der Waals surface area contributed by atoms with Crippen LogP contribution in [0.2, 0.25) is 10.0 Å². The summed E-state index contributed by atoms with van der Waals surface area (Å²) in [4.78, 5) is 9.05. The Morgan fingerprint density at radius 1 is 1.05 bits per heavy atom. The first kappa shape index (κ1) is 14.9. The zero-order chi connectivity index (χ0) is 15.5. The van der Waals surface area contributed by atoms with E-state index in [4.69, 9.17) is 23.2 Å². The SMILES string of the molecule is CCNc1nc(Nc2ccc(Cl)cc2Cl)nc2ccccc12. The first-order chi connectivity index (χ1) is 10.7. The average Bonchev–Trinajstić information content (AvgIpc) is 2.50. The second kappa shape index (κ2) is 6.38. The van der Waals surface area contributed by atoms with Crippen molar-refractivity contribution in [3.63, 3.8) is 0 Å². The molecule has 0 aliphatic carbocycles. The number of para-hydroxylation sites is 1. The van der Waals surface area contributed by atoms with Gasteiger partial charge in [-0.15, -0.1) is 0 Å². The summed E-state index contributed by atoms with van der Waals surface area (Å²) >= 11 is 12.1. The molecule has 0 fully saturated rings. The molecule has 3 aromatic rings. The minimum Gasteiger partial charge on any atom is -0.370 e. The summed E-state index contributed by atoms with van der Waals surface area (Å²) in [5, 5.41) is 8.49. The second-order valence-electron chi connectivity index (χ2n) is 4.69. The summed E-state index contributed by atoms with van der Waals surface area (Å²) in [7, 11) is 0. The monoisotopic (exact) mass is 332 g/mol. The van der Waals surface area contributed by atoms with Gasteiger partial charge < -0.3 is 10.6 Å². The minimum absolute atomic E-state index is 0.485. The zero-order valence-electron chi connectivity index (χ0n) is 11.9. The maximum absolute atomic E-state index is 6.18. The lowest BCUT2D eigenvalue weighted by Crippen LogP contribution is -2.05. The third-order valence-electron chi connectivity index (χ3n) is 3.13. The van der Waals surface area contributed by atoms with Gasteiger partial charge in [0.15, 0.2) is 0 Å². The molecule has 2 N–H and O–H groups in total. The molecular formula is C16H14Cl2N4. The zero-order valence-corrected chi connectivity index (χ0v) is 13.4. The van der Waals surface area contributed by atoms with Crippen LogP contribution in [-0.4, -0.2) is 16.5 Å². The highest BCUT2D eigenvalue weighted by molar-refractivity contribution is 6.36. The van der Waals surface area contributed by atoms with Crippen molar-refractivity contribution in [3.8, 4) is 0 Å². The fraction of sp³-hybridized carbons (Fsp3) is 0.125. The van der Waals surface area contributed by atoms with Gasteiger partial charge in [-0.2, -0.15) is 4.98 Å². The van der Waals surface area contributed by atoms with Crippen molar-refractivity contribution in [2.75, 3.05) is 17.2 Å². The van der Waals surface area contributed by atoms with Gasteiger partial charge in [0.05, 0.1) is 16.2 Å². The maximum Gasteiger partial charge on any atom is 0.229 e. The summed E-state index contributed by atoms with van der Waals surface area (Å²) in [6.45, 7) is 2.81. The number of aromatic nitrogens is 2. The second-order valence-corrected chi connectivity index (χ2v) is 5.54. The van der Waals surface area contributed by atoms with Crippen LogP contribution in [-0.2, 0) is 0 Å². The van der Waals surface area contributed by atoms with E-state index in [2.05, 4.69) is 20.6 Å². The lowest BCUT2D eigenvalue weighted by molar-refractivity contribution is 1.14. The molecule has 6 heteroatoms. The normalized spacial score (nSPS) is 10.7. The van der Waals surface area contributed by atoms with Gasteiger partial charge in [-0.25, -0.2) is 4.98 Å². The van der Waals surface area contributed by atoms with Gasteiger partial charge >= 0.3 is 0 Å². The molecule has 0 unspecified atom stereocenters. The number of anilines is 3. The molecule has 0 aliphatic rings. The van der Waals surface area contributed by atoms with E-state index in [9.17, 15) is 0 Å². The quantitative estimate of drug-likeness (QED) is 0.696. The molecule has 0 atom stereocenters. The molecule has 112 valence electrons. The van der Waals surface area contributed by atoms with E-state index >= 15 is 0 Å². The van der Waals surface area contributed by atoms with E-state index in [1.165, 1.54) is 0 Å². The Kier molecular flexibility index (Phi) is 4.32. The molecule has 0 aliphatic heterocycles. The van der Waals surface area contributed by atoms with Crippen LogP contribution in [0.1, 0.15) is 6.92 Å². The lowest BCUT2D eigenvalue weighted by Gasteiger charge is -2.11. The van der Waals surface area contributed by atoms with Crippen LogP contribution in [0.3, 0.4) is 0 Å². The Bertz CT molecular complexity index is 820. The van der Waals surface area contributed by atoms with Gasteiger partial charge in [0.25, 0.3) is 0 Å². The van der Waals surface area contributed by atoms with Crippen LogP contribution >= 0.6 is 23.2 Å². The van der Waals surface area contributed by atoms with Gasteiger partial charge in [-0.3, -0.25) is 0 Å². The van der Waals surface area contributed by atoms with E-state index in [1.807, 2.05) is 31.2 Å². The molecule has 2 aromatic carbocycles. The van der Waals surface area contributed by atoms with E-state index < -0.39 is 0 Å². The third kappa shape index (κ3) is 3.08. The van der Waals surface area contributed by atoms with Gasteiger partial charge in [0.1, 0.15) is 5.82 Å². The maximum atomic E-state index is 6.18. The molecule has 1 aromatic heterocycles. The van der Waals surface area contributed by atoms with Crippen molar-refractivity contribution in [1.29, 1.82) is 0 Å². The lowest BCUT2D eigenvalue weighted by atomic mass is 10.2. The van der Waals surface area contributed by atoms with E-state index in [0.717, 1.165) is 23.3 Å². The molecule has 4 nitrogen and oxygen atoms in total. The molecule has 0 amide bonds. The van der Waals surface area contributed by atoms with E-state index in [-0.39, 0.29) is 0 Å². The topological polar surface area (TPSA) is 49.8 Å². The van der Waals surface area contributed by atoms with Gasteiger partial charge in [0, 0.05) is 17.0 Å². The summed E-state index contributed by atoms with van der Waals surface area (Å²) in [5.41, 5.74) is 1.57. The summed E-state index contributed by atoms with van der Waals surface area (Å²) in [5.74, 6) is 1.28. The van der Waals surface area contributed by atoms with Crippen LogP contribution in [0.15, 0.2) is 42.5 Å². The standard InChI is InChI=1S/C16H14Cl2N4/c1-2-19-15-11-5-3-4-6-13(11)20-16(22-15)21-14-8-7-10(17)9-12(14)18/h3-9H,2H2,1H3,(H2,19,20,21,22). The van der Waals surface area contributed by atoms with Crippen molar-refractivity contribution in [1.82, 2.24) is 9.97 Å². The fourth-order valence-electron chi connectivity index (χ4n) is 2.15. The molecule has 0 spiro atoms. The highest BCUT2D eigenvalue weighted by Crippen LogP contribution is 2.29. The molecular weight excluding hydrogens is 319 g/mol. The Morgan fingerprint density at radius 2 is 1.86 bits per heavy atom. The molecule has 1 heterocycles. The summed E-state index contributed by atoms with van der Waals surface area (Å²) < 4.78 is 0. The van der Waals surface area contributed by atoms with E-state index in [0.29, 0.717) is 21.7 Å². The van der Waals surface area contributed by atoms with E-state index in [1.54, 1.807) is 18.2 Å². The number of nitrogens with zero attached hydrogens (tertiary/aromatic N) is 2. The van der Waals surface area contributed by atoms with Gasteiger partial charge in [-0.05, 0) is 37.3 Å². The Hall–Kier alpha value is -2.04. The minimum atomic E-state index is 0.485. The average molecular weight is 333 g/mol. The number of hydrogen-bond acceptors (Lipinski definition) is 4. The van der Waals surface area contributed by atoms with Crippen molar-refractivity contribution in [2.24, 2.45) is 0 Å². The largest absolute Gasteiger partial charge is 0.370 e. The predicted octanol–water partition coefficient (Wildman–Crippen LogP) is 5.11. The van der Waals surface area contributed by atoms with Crippen LogP contribution in [0.4, 0.5) is 17.5 Å². The predicted molar refractivity (Wildman–Crippen MR) is 93.4 cm³/mol. The first-order valence-electron chi connectivity index (χ1n) is 6.90. The Morgan fingerprint density at radius 3 is 2.64 bits per heavy atom. The number of fused-ring (bicyclic) bond motifs is 1. The molecule has 0 saturated carbocycles. The van der Waals surface area contributed by atoms with Gasteiger partial charge in [-0.1, -0.05) is 35.3 Å². The highest BCUT2D eigenvalue weighted by atomic mass is 35.5. The van der Waals surface area contributed by atoms with Crippen molar-refractivity contribution in [2.45, 2.75) is 6.92 Å². The Balaban J connectivity index is 2.03. The van der Waals surface area contributed by atoms with Crippen LogP contribution in [0, 0.1) is 0 Å². The molecule has 22 heavy (non-hydrogen) atoms. The van der Waals surface area contributed by atoms with Crippen LogP contribution in [0.5, 0.6) is 0 Å². The van der Waals surface area contributed by atoms with Crippen molar-refractivity contribution < 1.29 is 0 Å². The summed E-state index contributed by atoms with van der Waals surface area (Å²) in [6.07, 6.45) is 0. The summed E-state index contributed by atoms with van der Waals surface area (Å²) in [6, 6.07) is 13.1. The fourth-order valence-corrected chi connectivity index (χ4v) is 2.60. The number of nitrogens with one attached hydrogen (secondary N) is 2. The molecule has 0 saturated heterocycles. The number of benzene rings is 2. The van der Waals surface area contributed by atoms with Crippen LogP contribution < -0.4 is 10.6 Å². The first-order valence-corrected chi connectivity index (χ1v) is 7.65. The number of rotatable bonds is 4. The van der Waals surface area contributed by atoms with Crippen molar-refractivity contribution >= 4 is 51.6 Å². The highest BCUT2D eigenvalue weighted by Gasteiger charge is 2.08. The number of halogens is 2. The number of hydrogen-bond donors (Lipinski definition) is 2. The van der Waals surface area contributed by atoms with Crippen LogP contribution in [0.25, 0.3) is 10.9 Å².